The van der Waals surface area contributed by atoms with Crippen LogP contribution in [-0.2, 0) is 10.2 Å². The average Bonchev–Trinajstić information content (AvgIpc) is 3.35. The average molecular weight is 448 g/mol. The van der Waals surface area contributed by atoms with Crippen molar-refractivity contribution in [3.63, 3.8) is 0 Å². The van der Waals surface area contributed by atoms with E-state index in [9.17, 15) is 17.9 Å². The number of hydrogen-bond acceptors (Lipinski definition) is 5. The minimum absolute atomic E-state index is 0.162. The molecule has 0 N–H and O–H groups in total. The molecule has 0 radical (unpaired) electrons. The molecule has 3 aromatic rings. The highest BCUT2D eigenvalue weighted by Crippen LogP contribution is 2.38. The maximum Gasteiger partial charge on any atom is 0.321 e. The van der Waals surface area contributed by atoms with E-state index in [0.29, 0.717) is 6.54 Å². The summed E-state index contributed by atoms with van der Waals surface area (Å²) in [5.41, 5.74) is 0.536. The molecule has 0 unspecified atom stereocenters. The molecule has 1 saturated heterocycles. The van der Waals surface area contributed by atoms with Crippen LogP contribution in [0, 0.1) is 11.6 Å². The molecule has 1 aromatic carbocycles. The van der Waals surface area contributed by atoms with Crippen molar-refractivity contribution >= 4 is 27.3 Å². The van der Waals surface area contributed by atoms with Crippen LogP contribution in [0.3, 0.4) is 0 Å². The fourth-order valence-electron chi connectivity index (χ4n) is 3.76. The molecule has 1 aliphatic heterocycles. The zero-order valence-corrected chi connectivity index (χ0v) is 17.7. The summed E-state index contributed by atoms with van der Waals surface area (Å²) in [7, 11) is -1.70. The molecule has 0 spiro atoms. The summed E-state index contributed by atoms with van der Waals surface area (Å²) in [6, 6.07) is 7.49. The summed E-state index contributed by atoms with van der Waals surface area (Å²) in [5.74, 6) is -2.19. The quantitative estimate of drug-likeness (QED) is 0.439. The van der Waals surface area contributed by atoms with Gasteiger partial charge in [0.15, 0.2) is 5.82 Å². The Morgan fingerprint density at radius 2 is 2.06 bits per heavy atom. The molecule has 0 bridgehead atoms. The molecule has 164 valence electrons. The first-order valence-corrected chi connectivity index (χ1v) is 11.0. The van der Waals surface area contributed by atoms with Crippen molar-refractivity contribution in [2.24, 2.45) is 4.40 Å². The van der Waals surface area contributed by atoms with Crippen molar-refractivity contribution < 1.29 is 22.3 Å². The molecule has 1 fully saturated rings. The molecule has 0 aliphatic carbocycles. The van der Waals surface area contributed by atoms with Gasteiger partial charge in [0.1, 0.15) is 11.3 Å². The number of anilines is 1. The SMILES string of the molecule is CN(C)S(=O)(=O)/N=C(\[O-])c1cnn2ccc(N3CCC[C@@H]3c3cccc(F)c3)c(F)c12. The number of rotatable bonds is 5. The van der Waals surface area contributed by atoms with Gasteiger partial charge in [0.2, 0.25) is 0 Å². The molecule has 2 aromatic heterocycles. The van der Waals surface area contributed by atoms with Crippen molar-refractivity contribution in [1.82, 2.24) is 13.9 Å². The third-order valence-electron chi connectivity index (χ3n) is 5.29. The van der Waals surface area contributed by atoms with Gasteiger partial charge >= 0.3 is 10.2 Å². The van der Waals surface area contributed by atoms with Crippen LogP contribution < -0.4 is 10.0 Å². The molecule has 0 saturated carbocycles. The maximum atomic E-state index is 15.6. The standard InChI is InChI=1S/C20H21F2N5O3S/c1-25(2)31(29,30)24-20(28)15-12-23-27-10-8-17(18(22)19(15)27)26-9-4-7-16(26)13-5-3-6-14(21)11-13/h3,5-6,8,10-12,16H,4,7,9H2,1-2H3,(H,24,28)/p-1/t16-/m1/s1. The summed E-state index contributed by atoms with van der Waals surface area (Å²) in [5, 5.41) is 16.5. The molecule has 11 heteroatoms. The van der Waals surface area contributed by atoms with Gasteiger partial charge < -0.3 is 10.0 Å². The van der Waals surface area contributed by atoms with Crippen molar-refractivity contribution in [3.05, 3.63) is 65.5 Å². The molecule has 1 aliphatic rings. The van der Waals surface area contributed by atoms with E-state index in [1.807, 2.05) is 4.90 Å². The second-order valence-electron chi connectivity index (χ2n) is 7.43. The Kier molecular flexibility index (Phi) is 5.40. The largest absolute Gasteiger partial charge is 0.857 e. The number of halogens is 2. The van der Waals surface area contributed by atoms with Gasteiger partial charge in [-0.2, -0.15) is 22.2 Å². The number of nitrogens with zero attached hydrogens (tertiary/aromatic N) is 5. The van der Waals surface area contributed by atoms with Crippen LogP contribution in [0.25, 0.3) is 5.52 Å². The Labute approximate surface area is 178 Å². The van der Waals surface area contributed by atoms with Crippen LogP contribution in [0.5, 0.6) is 0 Å². The van der Waals surface area contributed by atoms with Gasteiger partial charge in [0.05, 0.1) is 17.9 Å². The third-order valence-corrected chi connectivity index (χ3v) is 6.61. The highest BCUT2D eigenvalue weighted by atomic mass is 32.2. The van der Waals surface area contributed by atoms with E-state index in [1.165, 1.54) is 38.5 Å². The normalized spacial score (nSPS) is 17.8. The fourth-order valence-corrected chi connectivity index (χ4v) is 4.23. The highest BCUT2D eigenvalue weighted by molar-refractivity contribution is 7.87. The summed E-state index contributed by atoms with van der Waals surface area (Å²) in [6.45, 7) is 0.547. The molecular formula is C20H20F2N5O3S-. The van der Waals surface area contributed by atoms with Crippen molar-refractivity contribution in [2.45, 2.75) is 18.9 Å². The Morgan fingerprint density at radius 3 is 2.77 bits per heavy atom. The van der Waals surface area contributed by atoms with E-state index in [0.717, 1.165) is 33.4 Å². The van der Waals surface area contributed by atoms with Gasteiger partial charge in [-0.3, -0.25) is 0 Å². The van der Waals surface area contributed by atoms with Crippen LogP contribution in [-0.4, -0.2) is 48.9 Å². The second kappa shape index (κ2) is 7.89. The number of benzene rings is 1. The minimum atomic E-state index is -4.18. The van der Waals surface area contributed by atoms with Crippen LogP contribution >= 0.6 is 0 Å². The molecule has 31 heavy (non-hydrogen) atoms. The minimum Gasteiger partial charge on any atom is -0.857 e. The first-order valence-electron chi connectivity index (χ1n) is 9.57. The second-order valence-corrected chi connectivity index (χ2v) is 9.24. The first kappa shape index (κ1) is 21.2. The lowest BCUT2D eigenvalue weighted by molar-refractivity contribution is -0.212. The lowest BCUT2D eigenvalue weighted by Gasteiger charge is -2.28. The molecule has 8 nitrogen and oxygen atoms in total. The van der Waals surface area contributed by atoms with Crippen LogP contribution in [0.4, 0.5) is 14.5 Å². The molecule has 4 rings (SSSR count). The van der Waals surface area contributed by atoms with E-state index in [1.54, 1.807) is 12.1 Å². The van der Waals surface area contributed by atoms with Crippen molar-refractivity contribution in [1.29, 1.82) is 0 Å². The van der Waals surface area contributed by atoms with Gasteiger partial charge in [-0.25, -0.2) is 13.3 Å². The van der Waals surface area contributed by atoms with E-state index in [2.05, 4.69) is 9.50 Å². The Bertz CT molecular complexity index is 1270. The predicted octanol–water partition coefficient (Wildman–Crippen LogP) is 1.87. The van der Waals surface area contributed by atoms with Crippen molar-refractivity contribution in [3.8, 4) is 0 Å². The number of fused-ring (bicyclic) bond motifs is 1. The van der Waals surface area contributed by atoms with Gasteiger partial charge in [0, 0.05) is 38.3 Å². The smallest absolute Gasteiger partial charge is 0.321 e. The molecule has 3 heterocycles. The third kappa shape index (κ3) is 3.86. The molecule has 0 amide bonds. The topological polar surface area (TPSA) is 93.3 Å². The van der Waals surface area contributed by atoms with Crippen LogP contribution in [0.1, 0.15) is 30.0 Å². The van der Waals surface area contributed by atoms with E-state index in [4.69, 9.17) is 0 Å². The maximum absolute atomic E-state index is 15.6. The zero-order chi connectivity index (χ0) is 22.3. The Morgan fingerprint density at radius 1 is 1.29 bits per heavy atom. The molecule has 1 atom stereocenters. The highest BCUT2D eigenvalue weighted by Gasteiger charge is 2.29. The lowest BCUT2D eigenvalue weighted by Crippen LogP contribution is -2.27. The summed E-state index contributed by atoms with van der Waals surface area (Å²) >= 11 is 0. The van der Waals surface area contributed by atoms with Gasteiger partial charge in [-0.15, -0.1) is 0 Å². The summed E-state index contributed by atoms with van der Waals surface area (Å²) in [6.07, 6.45) is 4.09. The van der Waals surface area contributed by atoms with Gasteiger partial charge in [-0.1, -0.05) is 12.1 Å². The van der Waals surface area contributed by atoms with Gasteiger partial charge in [-0.05, 0) is 36.6 Å². The predicted molar refractivity (Wildman–Crippen MR) is 110 cm³/mol. The molecular weight excluding hydrogens is 428 g/mol. The van der Waals surface area contributed by atoms with Crippen molar-refractivity contribution in [2.75, 3.05) is 25.5 Å². The first-order chi connectivity index (χ1) is 14.7. The van der Waals surface area contributed by atoms with Crippen LogP contribution in [0.2, 0.25) is 0 Å². The fraction of sp³-hybridized carbons (Fsp3) is 0.300. The monoisotopic (exact) mass is 448 g/mol. The van der Waals surface area contributed by atoms with Gasteiger partial charge in [0.25, 0.3) is 0 Å². The number of pyridine rings is 1. The summed E-state index contributed by atoms with van der Waals surface area (Å²) in [4.78, 5) is 1.82. The Balaban J connectivity index is 1.80. The van der Waals surface area contributed by atoms with E-state index >= 15 is 4.39 Å². The zero-order valence-electron chi connectivity index (χ0n) is 16.9. The number of aromatic nitrogens is 2. The van der Waals surface area contributed by atoms with Crippen LogP contribution in [0.15, 0.2) is 47.1 Å². The lowest BCUT2D eigenvalue weighted by atomic mass is 10.0. The Hall–Kier alpha value is -3.05. The number of hydrogen-bond donors (Lipinski definition) is 0. The van der Waals surface area contributed by atoms with E-state index < -0.39 is 21.9 Å². The summed E-state index contributed by atoms with van der Waals surface area (Å²) < 4.78 is 58.4. The van der Waals surface area contributed by atoms with E-state index in [-0.39, 0.29) is 28.6 Å².